The van der Waals surface area contributed by atoms with Gasteiger partial charge in [0.1, 0.15) is 5.92 Å². The van der Waals surface area contributed by atoms with Crippen LogP contribution < -0.4 is 0 Å². The molecule has 1 atom stereocenters. The van der Waals surface area contributed by atoms with E-state index in [2.05, 4.69) is 10.1 Å². The van der Waals surface area contributed by atoms with Crippen molar-refractivity contribution in [3.05, 3.63) is 29.7 Å². The number of aryl methyl sites for hydroxylation is 1. The minimum Gasteiger partial charge on any atom is -0.481 e. The number of carboxylic acid groups (broad SMARTS) is 1. The second-order valence-corrected chi connectivity index (χ2v) is 3.47. The molecular formula is C10H11N3O2. The lowest BCUT2D eigenvalue weighted by molar-refractivity contribution is -0.138. The topological polar surface area (TPSA) is 67.5 Å². The molecule has 2 heterocycles. The Morgan fingerprint density at radius 1 is 1.53 bits per heavy atom. The number of pyridine rings is 1. The van der Waals surface area contributed by atoms with Crippen LogP contribution in [0.5, 0.6) is 0 Å². The number of aliphatic carboxylic acids is 1. The number of carboxylic acids is 1. The third-order valence-corrected chi connectivity index (χ3v) is 2.32. The van der Waals surface area contributed by atoms with Crippen LogP contribution in [0.25, 0.3) is 5.65 Å². The molecule has 2 aromatic rings. The average Bonchev–Trinajstić information content (AvgIpc) is 2.61. The first-order chi connectivity index (χ1) is 7.09. The lowest BCUT2D eigenvalue weighted by Gasteiger charge is -1.97. The second kappa shape index (κ2) is 3.34. The van der Waals surface area contributed by atoms with Gasteiger partial charge >= 0.3 is 5.97 Å². The predicted molar refractivity (Wildman–Crippen MR) is 53.8 cm³/mol. The zero-order valence-corrected chi connectivity index (χ0v) is 8.51. The van der Waals surface area contributed by atoms with Gasteiger partial charge in [0.25, 0.3) is 0 Å². The maximum atomic E-state index is 10.8. The van der Waals surface area contributed by atoms with Gasteiger partial charge in [-0.1, -0.05) is 6.07 Å². The fourth-order valence-electron chi connectivity index (χ4n) is 1.35. The summed E-state index contributed by atoms with van der Waals surface area (Å²) in [6.07, 6.45) is 0. The Labute approximate surface area is 86.4 Å². The molecule has 0 radical (unpaired) electrons. The van der Waals surface area contributed by atoms with E-state index in [9.17, 15) is 4.79 Å². The van der Waals surface area contributed by atoms with Gasteiger partial charge in [-0.05, 0) is 26.0 Å². The molecule has 0 fully saturated rings. The number of carbonyl (C=O) groups is 1. The second-order valence-electron chi connectivity index (χ2n) is 3.47. The molecule has 5 heteroatoms. The highest BCUT2D eigenvalue weighted by atomic mass is 16.4. The summed E-state index contributed by atoms with van der Waals surface area (Å²) in [6.45, 7) is 3.48. The number of fused-ring (bicyclic) bond motifs is 1. The fraction of sp³-hybridized carbons (Fsp3) is 0.300. The van der Waals surface area contributed by atoms with Crippen LogP contribution in [0.1, 0.15) is 24.4 Å². The highest BCUT2D eigenvalue weighted by Crippen LogP contribution is 2.13. The summed E-state index contributed by atoms with van der Waals surface area (Å²) < 4.78 is 1.65. The van der Waals surface area contributed by atoms with Crippen LogP contribution in [-0.4, -0.2) is 25.7 Å². The van der Waals surface area contributed by atoms with Crippen molar-refractivity contribution in [3.63, 3.8) is 0 Å². The van der Waals surface area contributed by atoms with E-state index in [0.717, 1.165) is 5.69 Å². The third kappa shape index (κ3) is 1.56. The van der Waals surface area contributed by atoms with Crippen LogP contribution in [-0.2, 0) is 4.79 Å². The molecule has 0 aliphatic rings. The van der Waals surface area contributed by atoms with E-state index in [-0.39, 0.29) is 0 Å². The fourth-order valence-corrected chi connectivity index (χ4v) is 1.35. The van der Waals surface area contributed by atoms with Gasteiger partial charge in [0.2, 0.25) is 0 Å². The lowest BCUT2D eigenvalue weighted by Crippen LogP contribution is -2.09. The monoisotopic (exact) mass is 205 g/mol. The summed E-state index contributed by atoms with van der Waals surface area (Å²) in [7, 11) is 0. The van der Waals surface area contributed by atoms with E-state index in [1.165, 1.54) is 0 Å². The minimum atomic E-state index is -0.913. The normalized spacial score (nSPS) is 12.9. The van der Waals surface area contributed by atoms with E-state index in [1.807, 2.05) is 19.1 Å². The Kier molecular flexibility index (Phi) is 2.15. The van der Waals surface area contributed by atoms with Gasteiger partial charge in [0.05, 0.1) is 0 Å². The zero-order valence-electron chi connectivity index (χ0n) is 8.51. The molecule has 15 heavy (non-hydrogen) atoms. The van der Waals surface area contributed by atoms with Crippen molar-refractivity contribution in [2.75, 3.05) is 0 Å². The Morgan fingerprint density at radius 2 is 2.27 bits per heavy atom. The SMILES string of the molecule is Cc1cccc2nc(C(C)C(=O)O)nn12. The smallest absolute Gasteiger partial charge is 0.314 e. The average molecular weight is 205 g/mol. The highest BCUT2D eigenvalue weighted by molar-refractivity contribution is 5.74. The van der Waals surface area contributed by atoms with Crippen LogP contribution in [0.3, 0.4) is 0 Å². The quantitative estimate of drug-likeness (QED) is 0.800. The lowest BCUT2D eigenvalue weighted by atomic mass is 10.2. The highest BCUT2D eigenvalue weighted by Gasteiger charge is 2.19. The minimum absolute atomic E-state index is 0.344. The van der Waals surface area contributed by atoms with E-state index < -0.39 is 11.9 Å². The van der Waals surface area contributed by atoms with Crippen molar-refractivity contribution in [2.45, 2.75) is 19.8 Å². The maximum Gasteiger partial charge on any atom is 0.314 e. The summed E-state index contributed by atoms with van der Waals surface area (Å²) in [5.41, 5.74) is 1.61. The summed E-state index contributed by atoms with van der Waals surface area (Å²) in [5.74, 6) is -1.25. The molecule has 1 unspecified atom stereocenters. The number of aromatic nitrogens is 3. The number of rotatable bonds is 2. The summed E-state index contributed by atoms with van der Waals surface area (Å²) in [6, 6.07) is 5.57. The Hall–Kier alpha value is -1.91. The van der Waals surface area contributed by atoms with Crippen molar-refractivity contribution in [2.24, 2.45) is 0 Å². The number of nitrogens with zero attached hydrogens (tertiary/aromatic N) is 3. The van der Waals surface area contributed by atoms with Gasteiger partial charge in [-0.2, -0.15) is 5.10 Å². The van der Waals surface area contributed by atoms with Crippen molar-refractivity contribution in [3.8, 4) is 0 Å². The third-order valence-electron chi connectivity index (χ3n) is 2.32. The first-order valence-corrected chi connectivity index (χ1v) is 4.64. The largest absolute Gasteiger partial charge is 0.481 e. The van der Waals surface area contributed by atoms with Crippen LogP contribution in [0.15, 0.2) is 18.2 Å². The molecule has 5 nitrogen and oxygen atoms in total. The molecule has 1 N–H and O–H groups in total. The van der Waals surface area contributed by atoms with E-state index in [1.54, 1.807) is 17.5 Å². The molecule has 0 saturated carbocycles. The Bertz CT molecular complexity index is 518. The first-order valence-electron chi connectivity index (χ1n) is 4.64. The van der Waals surface area contributed by atoms with Crippen LogP contribution in [0.4, 0.5) is 0 Å². The first kappa shape index (κ1) is 9.64. The summed E-state index contributed by atoms with van der Waals surface area (Å²) in [4.78, 5) is 14.9. The van der Waals surface area contributed by atoms with Crippen LogP contribution >= 0.6 is 0 Å². The molecule has 78 valence electrons. The van der Waals surface area contributed by atoms with Crippen LogP contribution in [0, 0.1) is 6.92 Å². The molecule has 0 spiro atoms. The molecule has 0 aromatic carbocycles. The van der Waals surface area contributed by atoms with Crippen LogP contribution in [0.2, 0.25) is 0 Å². The number of hydrogen-bond donors (Lipinski definition) is 1. The maximum absolute atomic E-state index is 10.8. The Morgan fingerprint density at radius 3 is 2.87 bits per heavy atom. The molecule has 0 aliphatic carbocycles. The van der Waals surface area contributed by atoms with Crippen molar-refractivity contribution < 1.29 is 9.90 Å². The molecule has 2 rings (SSSR count). The van der Waals surface area contributed by atoms with Gasteiger partial charge < -0.3 is 5.11 Å². The molecule has 2 aromatic heterocycles. The molecule has 0 bridgehead atoms. The molecular weight excluding hydrogens is 194 g/mol. The number of hydrogen-bond acceptors (Lipinski definition) is 3. The van der Waals surface area contributed by atoms with Gasteiger partial charge in [-0.15, -0.1) is 0 Å². The van der Waals surface area contributed by atoms with E-state index in [4.69, 9.17) is 5.11 Å². The van der Waals surface area contributed by atoms with Gasteiger partial charge in [0, 0.05) is 5.69 Å². The zero-order chi connectivity index (χ0) is 11.0. The van der Waals surface area contributed by atoms with Gasteiger partial charge in [0.15, 0.2) is 11.5 Å². The summed E-state index contributed by atoms with van der Waals surface area (Å²) >= 11 is 0. The molecule has 0 aliphatic heterocycles. The molecule has 0 saturated heterocycles. The van der Waals surface area contributed by atoms with Crippen molar-refractivity contribution >= 4 is 11.6 Å². The van der Waals surface area contributed by atoms with E-state index in [0.29, 0.717) is 11.5 Å². The van der Waals surface area contributed by atoms with Crippen molar-refractivity contribution in [1.29, 1.82) is 0 Å². The van der Waals surface area contributed by atoms with E-state index >= 15 is 0 Å². The van der Waals surface area contributed by atoms with Crippen molar-refractivity contribution in [1.82, 2.24) is 14.6 Å². The molecule has 0 amide bonds. The van der Waals surface area contributed by atoms with Gasteiger partial charge in [-0.3, -0.25) is 4.79 Å². The predicted octanol–water partition coefficient (Wildman–Crippen LogP) is 1.23. The summed E-state index contributed by atoms with van der Waals surface area (Å²) in [5, 5.41) is 13.0. The standard InChI is InChI=1S/C10H11N3O2/c1-6-4-3-5-8-11-9(12-13(6)8)7(2)10(14)15/h3-5,7H,1-2H3,(H,14,15). The van der Waals surface area contributed by atoms with Gasteiger partial charge in [-0.25, -0.2) is 9.50 Å². The Balaban J connectivity index is 2.56.